The number of carbonyl (C=O) groups is 1. The monoisotopic (exact) mass is 429 g/mol. The van der Waals surface area contributed by atoms with Gasteiger partial charge >= 0.3 is 0 Å². The van der Waals surface area contributed by atoms with Gasteiger partial charge in [-0.3, -0.25) is 9.48 Å². The molecule has 3 aromatic carbocycles. The van der Waals surface area contributed by atoms with Gasteiger partial charge < -0.3 is 10.1 Å². The van der Waals surface area contributed by atoms with Crippen molar-refractivity contribution in [3.63, 3.8) is 0 Å². The van der Waals surface area contributed by atoms with Gasteiger partial charge in [0, 0.05) is 18.0 Å². The minimum Gasteiger partial charge on any atom is -0.494 e. The van der Waals surface area contributed by atoms with Crippen LogP contribution >= 0.6 is 0 Å². The Morgan fingerprint density at radius 2 is 1.88 bits per heavy atom. The predicted octanol–water partition coefficient (Wildman–Crippen LogP) is 5.24. The number of ether oxygens (including phenoxy) is 1. The zero-order valence-corrected chi connectivity index (χ0v) is 18.0. The number of rotatable bonds is 7. The first-order valence-corrected chi connectivity index (χ1v) is 10.3. The Morgan fingerprint density at radius 3 is 2.56 bits per heavy atom. The molecule has 0 bridgehead atoms. The van der Waals surface area contributed by atoms with E-state index in [1.165, 1.54) is 13.2 Å². The maximum Gasteiger partial charge on any atom is 0.252 e. The number of halogens is 1. The van der Waals surface area contributed by atoms with Crippen LogP contribution in [-0.4, -0.2) is 22.8 Å². The fourth-order valence-electron chi connectivity index (χ4n) is 3.61. The molecule has 1 amide bonds. The first-order valence-electron chi connectivity index (χ1n) is 10.3. The average molecular weight is 429 g/mol. The van der Waals surface area contributed by atoms with Crippen molar-refractivity contribution in [1.29, 1.82) is 0 Å². The van der Waals surface area contributed by atoms with E-state index in [4.69, 9.17) is 4.74 Å². The van der Waals surface area contributed by atoms with Gasteiger partial charge in [0.05, 0.1) is 19.7 Å². The minimum atomic E-state index is -0.457. The molecule has 1 atom stereocenters. The quantitative estimate of drug-likeness (QED) is 0.437. The number of hydrogen-bond donors (Lipinski definition) is 1. The number of hydrogen-bond acceptors (Lipinski definition) is 3. The highest BCUT2D eigenvalue weighted by Crippen LogP contribution is 2.26. The zero-order valence-electron chi connectivity index (χ0n) is 18.0. The Morgan fingerprint density at radius 1 is 1.09 bits per heavy atom. The Hall–Kier alpha value is -3.93. The van der Waals surface area contributed by atoms with Crippen LogP contribution in [0.4, 0.5) is 4.39 Å². The van der Waals surface area contributed by atoms with Gasteiger partial charge in [-0.25, -0.2) is 4.39 Å². The van der Waals surface area contributed by atoms with Crippen molar-refractivity contribution in [1.82, 2.24) is 15.1 Å². The summed E-state index contributed by atoms with van der Waals surface area (Å²) in [6.07, 6.45) is 3.67. The molecule has 0 aliphatic heterocycles. The highest BCUT2D eigenvalue weighted by molar-refractivity contribution is 6.01. The van der Waals surface area contributed by atoms with E-state index < -0.39 is 5.82 Å². The van der Waals surface area contributed by atoms with Crippen molar-refractivity contribution in [2.45, 2.75) is 19.5 Å². The Bertz CT molecular complexity index is 1200. The van der Waals surface area contributed by atoms with Crippen molar-refractivity contribution in [3.8, 4) is 16.9 Å². The molecule has 4 rings (SSSR count). The number of nitrogens with zero attached hydrogens (tertiary/aromatic N) is 2. The van der Waals surface area contributed by atoms with Gasteiger partial charge in [0.15, 0.2) is 11.6 Å². The normalized spacial score (nSPS) is 11.7. The van der Waals surface area contributed by atoms with E-state index >= 15 is 0 Å². The SMILES string of the molecule is COc1ccc([C@H](C)NC(=O)c2ccccc2-c2ccc(Cn3cccn3)cc2)cc1F. The van der Waals surface area contributed by atoms with E-state index in [0.29, 0.717) is 17.7 Å². The second-order valence-corrected chi connectivity index (χ2v) is 7.54. The lowest BCUT2D eigenvalue weighted by molar-refractivity contribution is 0.0940. The number of aromatic nitrogens is 2. The molecule has 1 aromatic heterocycles. The summed E-state index contributed by atoms with van der Waals surface area (Å²) in [4.78, 5) is 13.1. The topological polar surface area (TPSA) is 56.1 Å². The third kappa shape index (κ3) is 4.70. The molecule has 0 aliphatic rings. The highest BCUT2D eigenvalue weighted by atomic mass is 19.1. The molecule has 1 N–H and O–H groups in total. The zero-order chi connectivity index (χ0) is 22.5. The van der Waals surface area contributed by atoms with Crippen LogP contribution in [0.25, 0.3) is 11.1 Å². The van der Waals surface area contributed by atoms with E-state index in [1.807, 2.05) is 66.3 Å². The molecular weight excluding hydrogens is 405 g/mol. The van der Waals surface area contributed by atoms with Crippen LogP contribution in [0, 0.1) is 5.82 Å². The minimum absolute atomic E-state index is 0.175. The molecule has 162 valence electrons. The van der Waals surface area contributed by atoms with Crippen LogP contribution in [0.5, 0.6) is 5.75 Å². The van der Waals surface area contributed by atoms with Crippen molar-refractivity contribution < 1.29 is 13.9 Å². The molecule has 1 heterocycles. The number of methoxy groups -OCH3 is 1. The third-order valence-corrected chi connectivity index (χ3v) is 5.36. The second kappa shape index (κ2) is 9.47. The van der Waals surface area contributed by atoms with Crippen LogP contribution in [0.2, 0.25) is 0 Å². The van der Waals surface area contributed by atoms with Gasteiger partial charge in [0.1, 0.15) is 0 Å². The first-order chi connectivity index (χ1) is 15.5. The van der Waals surface area contributed by atoms with Crippen molar-refractivity contribution in [2.75, 3.05) is 7.11 Å². The van der Waals surface area contributed by atoms with Crippen molar-refractivity contribution >= 4 is 5.91 Å². The molecule has 32 heavy (non-hydrogen) atoms. The molecule has 0 fully saturated rings. The molecule has 5 nitrogen and oxygen atoms in total. The lowest BCUT2D eigenvalue weighted by atomic mass is 9.97. The van der Waals surface area contributed by atoms with Crippen LogP contribution in [0.3, 0.4) is 0 Å². The maximum atomic E-state index is 14.1. The summed E-state index contributed by atoms with van der Waals surface area (Å²) in [6, 6.07) is 21.8. The van der Waals surface area contributed by atoms with Crippen molar-refractivity contribution in [2.24, 2.45) is 0 Å². The number of amides is 1. The molecular formula is C26H24FN3O2. The van der Waals surface area contributed by atoms with E-state index in [-0.39, 0.29) is 17.7 Å². The van der Waals surface area contributed by atoms with Crippen LogP contribution in [0.15, 0.2) is 85.2 Å². The lowest BCUT2D eigenvalue weighted by Crippen LogP contribution is -2.27. The predicted molar refractivity (Wildman–Crippen MR) is 122 cm³/mol. The number of benzene rings is 3. The second-order valence-electron chi connectivity index (χ2n) is 7.54. The lowest BCUT2D eigenvalue weighted by Gasteiger charge is -2.17. The fraction of sp³-hybridized carbons (Fsp3) is 0.154. The average Bonchev–Trinajstić information content (AvgIpc) is 3.32. The Labute approximate surface area is 186 Å². The van der Waals surface area contributed by atoms with E-state index in [0.717, 1.165) is 16.7 Å². The van der Waals surface area contributed by atoms with Gasteiger partial charge in [0.2, 0.25) is 0 Å². The van der Waals surface area contributed by atoms with Gasteiger partial charge in [-0.2, -0.15) is 5.10 Å². The number of nitrogens with one attached hydrogen (secondary N) is 1. The summed E-state index contributed by atoms with van der Waals surface area (Å²) < 4.78 is 20.9. The fourth-order valence-corrected chi connectivity index (χ4v) is 3.61. The molecule has 0 spiro atoms. The molecule has 0 aliphatic carbocycles. The van der Waals surface area contributed by atoms with Gasteiger partial charge in [-0.05, 0) is 53.4 Å². The van der Waals surface area contributed by atoms with E-state index in [9.17, 15) is 9.18 Å². The highest BCUT2D eigenvalue weighted by Gasteiger charge is 2.17. The molecule has 0 radical (unpaired) electrons. The van der Waals surface area contributed by atoms with E-state index in [2.05, 4.69) is 10.4 Å². The van der Waals surface area contributed by atoms with Crippen LogP contribution in [0.1, 0.15) is 34.5 Å². The molecule has 6 heteroatoms. The summed E-state index contributed by atoms with van der Waals surface area (Å²) >= 11 is 0. The van der Waals surface area contributed by atoms with Crippen LogP contribution < -0.4 is 10.1 Å². The number of carbonyl (C=O) groups excluding carboxylic acids is 1. The molecule has 0 unspecified atom stereocenters. The van der Waals surface area contributed by atoms with E-state index in [1.54, 1.807) is 24.4 Å². The van der Waals surface area contributed by atoms with Gasteiger partial charge in [-0.15, -0.1) is 0 Å². The standard InChI is InChI=1S/C26H24FN3O2/c1-18(21-12-13-25(32-2)24(27)16-21)29-26(31)23-7-4-3-6-22(23)20-10-8-19(9-11-20)17-30-15-5-14-28-30/h3-16,18H,17H2,1-2H3,(H,29,31)/t18-/m0/s1. The molecule has 0 saturated carbocycles. The summed E-state index contributed by atoms with van der Waals surface area (Å²) in [7, 11) is 1.42. The largest absolute Gasteiger partial charge is 0.494 e. The van der Waals surface area contributed by atoms with Crippen molar-refractivity contribution in [3.05, 3.63) is 108 Å². The molecule has 0 saturated heterocycles. The first kappa shape index (κ1) is 21.3. The molecule has 4 aromatic rings. The summed E-state index contributed by atoms with van der Waals surface area (Å²) in [5.74, 6) is -0.500. The Kier molecular flexibility index (Phi) is 6.31. The van der Waals surface area contributed by atoms with Gasteiger partial charge in [-0.1, -0.05) is 48.5 Å². The summed E-state index contributed by atoms with van der Waals surface area (Å²) in [5, 5.41) is 7.20. The maximum absolute atomic E-state index is 14.1. The third-order valence-electron chi connectivity index (χ3n) is 5.36. The Balaban J connectivity index is 1.52. The van der Waals surface area contributed by atoms with Crippen LogP contribution in [-0.2, 0) is 6.54 Å². The summed E-state index contributed by atoms with van der Waals surface area (Å²) in [5.41, 5.74) is 4.13. The van der Waals surface area contributed by atoms with Gasteiger partial charge in [0.25, 0.3) is 5.91 Å². The summed E-state index contributed by atoms with van der Waals surface area (Å²) in [6.45, 7) is 2.51. The smallest absolute Gasteiger partial charge is 0.252 e.